The Morgan fingerprint density at radius 1 is 0.818 bits per heavy atom. The van der Waals surface area contributed by atoms with Gasteiger partial charge in [-0.1, -0.05) is 95.8 Å². The summed E-state index contributed by atoms with van der Waals surface area (Å²) in [7, 11) is 0. The summed E-state index contributed by atoms with van der Waals surface area (Å²) in [6.07, 6.45) is 25.3. The second-order valence-corrected chi connectivity index (χ2v) is 10.9. The average molecular weight is 457 g/mol. The zero-order valence-corrected chi connectivity index (χ0v) is 21.6. The molecule has 186 valence electrons. The van der Waals surface area contributed by atoms with Gasteiger partial charge in [0.1, 0.15) is 0 Å². The summed E-state index contributed by atoms with van der Waals surface area (Å²) in [5.74, 6) is 3.10. The van der Waals surface area contributed by atoms with Crippen molar-refractivity contribution >= 4 is 0 Å². The van der Waals surface area contributed by atoms with Crippen LogP contribution in [0.15, 0.2) is 29.8 Å². The van der Waals surface area contributed by atoms with Gasteiger partial charge < -0.3 is 4.74 Å². The predicted molar refractivity (Wildman–Crippen MR) is 139 cm³/mol. The van der Waals surface area contributed by atoms with Crippen molar-refractivity contribution < 1.29 is 9.13 Å². The summed E-state index contributed by atoms with van der Waals surface area (Å²) >= 11 is 0. The van der Waals surface area contributed by atoms with Gasteiger partial charge in [0.15, 0.2) is 11.6 Å². The van der Waals surface area contributed by atoms with Crippen molar-refractivity contribution in [2.24, 2.45) is 17.8 Å². The summed E-state index contributed by atoms with van der Waals surface area (Å²) in [4.78, 5) is 0. The van der Waals surface area contributed by atoms with Crippen LogP contribution < -0.4 is 4.74 Å². The molecule has 2 aliphatic carbocycles. The number of allylic oxidation sites excluding steroid dienone is 2. The van der Waals surface area contributed by atoms with Gasteiger partial charge in [-0.15, -0.1) is 0 Å². The maximum absolute atomic E-state index is 14.2. The fraction of sp³-hybridized carbons (Fsp3) is 0.742. The van der Waals surface area contributed by atoms with Crippen LogP contribution in [-0.4, -0.2) is 6.61 Å². The second-order valence-electron chi connectivity index (χ2n) is 10.9. The molecule has 0 saturated heterocycles. The molecule has 3 rings (SSSR count). The first-order valence-electron chi connectivity index (χ1n) is 14.3. The maximum atomic E-state index is 14.2. The van der Waals surface area contributed by atoms with E-state index in [0.29, 0.717) is 12.4 Å². The van der Waals surface area contributed by atoms with E-state index in [0.717, 1.165) is 42.6 Å². The molecular formula is C31H49FO. The first kappa shape index (κ1) is 26.3. The van der Waals surface area contributed by atoms with Crippen LogP contribution in [-0.2, 0) is 6.42 Å². The third-order valence-electron chi connectivity index (χ3n) is 8.22. The number of halogens is 1. The Hall–Kier alpha value is -1.31. The molecule has 1 fully saturated rings. The van der Waals surface area contributed by atoms with Crippen LogP contribution in [0.3, 0.4) is 0 Å². The summed E-state index contributed by atoms with van der Waals surface area (Å²) in [6.45, 7) is 4.92. The number of rotatable bonds is 14. The van der Waals surface area contributed by atoms with E-state index in [4.69, 9.17) is 4.74 Å². The highest BCUT2D eigenvalue weighted by atomic mass is 19.1. The predicted octanol–water partition coefficient (Wildman–Crippen LogP) is 9.83. The van der Waals surface area contributed by atoms with E-state index >= 15 is 0 Å². The lowest BCUT2D eigenvalue weighted by Gasteiger charge is -2.30. The second kappa shape index (κ2) is 14.8. The van der Waals surface area contributed by atoms with Gasteiger partial charge in [0.2, 0.25) is 0 Å². The van der Waals surface area contributed by atoms with Crippen LogP contribution in [0.2, 0.25) is 0 Å². The lowest BCUT2D eigenvalue weighted by Crippen LogP contribution is -2.16. The molecule has 0 aromatic heterocycles. The highest BCUT2D eigenvalue weighted by Crippen LogP contribution is 2.37. The molecule has 1 aromatic carbocycles. The van der Waals surface area contributed by atoms with Crippen molar-refractivity contribution in [2.75, 3.05) is 6.61 Å². The van der Waals surface area contributed by atoms with Crippen molar-refractivity contribution in [1.29, 1.82) is 0 Å². The van der Waals surface area contributed by atoms with Gasteiger partial charge in [-0.3, -0.25) is 0 Å². The van der Waals surface area contributed by atoms with Gasteiger partial charge in [0.05, 0.1) is 6.61 Å². The number of hydrogen-bond donors (Lipinski definition) is 0. The fourth-order valence-electron chi connectivity index (χ4n) is 5.91. The molecule has 33 heavy (non-hydrogen) atoms. The van der Waals surface area contributed by atoms with Crippen LogP contribution in [0.25, 0.3) is 0 Å². The summed E-state index contributed by atoms with van der Waals surface area (Å²) in [5.41, 5.74) is 2.67. The van der Waals surface area contributed by atoms with Crippen LogP contribution in [0.4, 0.5) is 4.39 Å². The molecule has 2 aliphatic rings. The third kappa shape index (κ3) is 9.45. The van der Waals surface area contributed by atoms with Crippen molar-refractivity contribution in [3.63, 3.8) is 0 Å². The van der Waals surface area contributed by atoms with Crippen molar-refractivity contribution in [1.82, 2.24) is 0 Å². The number of benzene rings is 1. The zero-order valence-electron chi connectivity index (χ0n) is 21.6. The topological polar surface area (TPSA) is 9.23 Å². The molecule has 0 amide bonds. The molecule has 0 heterocycles. The first-order chi connectivity index (χ1) is 16.2. The average Bonchev–Trinajstić information content (AvgIpc) is 2.85. The van der Waals surface area contributed by atoms with Crippen molar-refractivity contribution in [2.45, 2.75) is 123 Å². The summed E-state index contributed by atoms with van der Waals surface area (Å²) < 4.78 is 19.6. The molecular weight excluding hydrogens is 407 g/mol. The molecule has 1 atom stereocenters. The molecule has 2 heteroatoms. The van der Waals surface area contributed by atoms with Gasteiger partial charge in [0, 0.05) is 0 Å². The lowest BCUT2D eigenvalue weighted by molar-refractivity contribution is 0.234. The number of unbranched alkanes of at least 4 members (excludes halogenated alkanes) is 3. The highest BCUT2D eigenvalue weighted by molar-refractivity contribution is 5.30. The normalized spacial score (nSPS) is 23.4. The Kier molecular flexibility index (Phi) is 11.8. The Morgan fingerprint density at radius 2 is 1.58 bits per heavy atom. The smallest absolute Gasteiger partial charge is 0.165 e. The van der Waals surface area contributed by atoms with Gasteiger partial charge in [-0.2, -0.15) is 0 Å². The molecule has 0 bridgehead atoms. The van der Waals surface area contributed by atoms with E-state index < -0.39 is 0 Å². The van der Waals surface area contributed by atoms with E-state index in [1.807, 2.05) is 13.0 Å². The number of ether oxygens (including phenoxy) is 1. The van der Waals surface area contributed by atoms with Gasteiger partial charge >= 0.3 is 0 Å². The zero-order chi connectivity index (χ0) is 23.3. The minimum Gasteiger partial charge on any atom is -0.491 e. The minimum absolute atomic E-state index is 0.218. The van der Waals surface area contributed by atoms with Gasteiger partial charge in [-0.05, 0) is 80.4 Å². The largest absolute Gasteiger partial charge is 0.491 e. The maximum Gasteiger partial charge on any atom is 0.165 e. The Morgan fingerprint density at radius 3 is 2.24 bits per heavy atom. The molecule has 0 radical (unpaired) electrons. The highest BCUT2D eigenvalue weighted by Gasteiger charge is 2.22. The van der Waals surface area contributed by atoms with E-state index in [9.17, 15) is 4.39 Å². The van der Waals surface area contributed by atoms with E-state index in [1.54, 1.807) is 17.7 Å². The SMILES string of the molecule is CCCCCCC1CCC(CCC2CC=C(CCc3ccc(OCCC)c(F)c3)CC2)CC1. The molecule has 0 spiro atoms. The standard InChI is InChI=1S/C31H49FO/c1-3-5-6-7-8-25-9-11-26(12-10-25)13-14-27-15-17-28(18-16-27)19-20-29-21-22-31(30(32)24-29)33-23-4-2/h17,21-22,24-27H,3-16,18-20,23H2,1-2H3. The van der Waals surface area contributed by atoms with E-state index in [-0.39, 0.29) is 5.82 Å². The van der Waals surface area contributed by atoms with Crippen molar-refractivity contribution in [3.05, 3.63) is 41.2 Å². The van der Waals surface area contributed by atoms with Crippen molar-refractivity contribution in [3.8, 4) is 5.75 Å². The van der Waals surface area contributed by atoms with Gasteiger partial charge in [0.25, 0.3) is 0 Å². The van der Waals surface area contributed by atoms with E-state index in [2.05, 4.69) is 13.0 Å². The Balaban J connectivity index is 1.29. The summed E-state index contributed by atoms with van der Waals surface area (Å²) in [5, 5.41) is 0. The van der Waals surface area contributed by atoms with Crippen LogP contribution in [0.1, 0.15) is 122 Å². The molecule has 1 saturated carbocycles. The number of hydrogen-bond acceptors (Lipinski definition) is 1. The lowest BCUT2D eigenvalue weighted by atomic mass is 9.76. The van der Waals surface area contributed by atoms with Crippen LogP contribution in [0, 0.1) is 23.6 Å². The quantitative estimate of drug-likeness (QED) is 0.200. The Bertz CT molecular complexity index is 701. The Labute approximate surface area is 203 Å². The molecule has 1 unspecified atom stereocenters. The molecule has 1 nitrogen and oxygen atoms in total. The summed E-state index contributed by atoms with van der Waals surface area (Å²) in [6, 6.07) is 5.49. The van der Waals surface area contributed by atoms with Crippen LogP contribution in [0.5, 0.6) is 5.75 Å². The fourth-order valence-corrected chi connectivity index (χ4v) is 5.91. The third-order valence-corrected chi connectivity index (χ3v) is 8.22. The molecule has 0 aliphatic heterocycles. The van der Waals surface area contributed by atoms with E-state index in [1.165, 1.54) is 89.9 Å². The molecule has 1 aromatic rings. The first-order valence-corrected chi connectivity index (χ1v) is 14.3. The van der Waals surface area contributed by atoms with Gasteiger partial charge in [-0.25, -0.2) is 4.39 Å². The monoisotopic (exact) mass is 456 g/mol. The number of aryl methyl sites for hydroxylation is 1. The minimum atomic E-state index is -0.218. The van der Waals surface area contributed by atoms with Crippen LogP contribution >= 0.6 is 0 Å². The molecule has 0 N–H and O–H groups in total.